The molecule has 1 aliphatic rings. The Morgan fingerprint density at radius 2 is 1.85 bits per heavy atom. The molecule has 0 aliphatic heterocycles. The van der Waals surface area contributed by atoms with Gasteiger partial charge in [-0.25, -0.2) is 0 Å². The number of amides is 1. The second-order valence-electron chi connectivity index (χ2n) is 8.15. The molecule has 2 rings (SSSR count). The molecule has 1 aliphatic carbocycles. The minimum Gasteiger partial charge on any atom is -0.497 e. The minimum atomic E-state index is -0.287. The molecule has 144 valence electrons. The monoisotopic (exact) mass is 361 g/mol. The highest BCUT2D eigenvalue weighted by Crippen LogP contribution is 2.40. The van der Waals surface area contributed by atoms with Crippen LogP contribution in [0.25, 0.3) is 0 Å². The normalized spacial score (nSPS) is 20.3. The molecule has 0 bridgehead atoms. The molecule has 1 saturated carbocycles. The standard InChI is InChI=1S/C21H31NO4/c1-21(2,3)17-10-8-16(9-11-17)20(24)26-14-19(23)22-13-15-6-5-7-18(12-15)25-4/h5-7,12,16-17H,8-11,13-14H2,1-4H3,(H,22,23). The maximum Gasteiger partial charge on any atom is 0.309 e. The van der Waals surface area contributed by atoms with Crippen molar-refractivity contribution in [2.24, 2.45) is 17.3 Å². The second kappa shape index (κ2) is 9.06. The topological polar surface area (TPSA) is 64.6 Å². The number of esters is 1. The number of nitrogens with one attached hydrogen (secondary N) is 1. The lowest BCUT2D eigenvalue weighted by molar-refractivity contribution is -0.154. The molecule has 0 unspecified atom stereocenters. The molecule has 1 aromatic rings. The highest BCUT2D eigenvalue weighted by atomic mass is 16.5. The number of carbonyl (C=O) groups is 2. The van der Waals surface area contributed by atoms with E-state index in [2.05, 4.69) is 26.1 Å². The quantitative estimate of drug-likeness (QED) is 0.785. The van der Waals surface area contributed by atoms with Crippen LogP contribution in [0.2, 0.25) is 0 Å². The maximum absolute atomic E-state index is 12.2. The fourth-order valence-electron chi connectivity index (χ4n) is 3.48. The van der Waals surface area contributed by atoms with Gasteiger partial charge in [0.25, 0.3) is 5.91 Å². The third kappa shape index (κ3) is 6.04. The summed E-state index contributed by atoms with van der Waals surface area (Å²) in [6.07, 6.45) is 3.80. The average Bonchev–Trinajstić information content (AvgIpc) is 2.64. The summed E-state index contributed by atoms with van der Waals surface area (Å²) in [6.45, 7) is 6.92. The smallest absolute Gasteiger partial charge is 0.309 e. The highest BCUT2D eigenvalue weighted by molar-refractivity contribution is 5.81. The molecule has 26 heavy (non-hydrogen) atoms. The van der Waals surface area contributed by atoms with Crippen LogP contribution in [0.5, 0.6) is 5.75 Å². The first-order valence-electron chi connectivity index (χ1n) is 9.36. The highest BCUT2D eigenvalue weighted by Gasteiger charge is 2.33. The maximum atomic E-state index is 12.2. The van der Waals surface area contributed by atoms with Gasteiger partial charge in [0.1, 0.15) is 5.75 Å². The van der Waals surface area contributed by atoms with E-state index in [1.54, 1.807) is 7.11 Å². The SMILES string of the molecule is COc1cccc(CNC(=O)COC(=O)C2CCC(C(C)(C)C)CC2)c1. The lowest BCUT2D eigenvalue weighted by Crippen LogP contribution is -2.32. The van der Waals surface area contributed by atoms with Crippen molar-refractivity contribution in [3.05, 3.63) is 29.8 Å². The van der Waals surface area contributed by atoms with Gasteiger partial charge in [-0.3, -0.25) is 9.59 Å². The zero-order valence-electron chi connectivity index (χ0n) is 16.3. The molecule has 5 nitrogen and oxygen atoms in total. The Kier molecular flexibility index (Phi) is 7.06. The summed E-state index contributed by atoms with van der Waals surface area (Å²) in [5.74, 6) is 0.796. The van der Waals surface area contributed by atoms with Crippen LogP contribution < -0.4 is 10.1 Å². The zero-order chi connectivity index (χ0) is 19.2. The summed E-state index contributed by atoms with van der Waals surface area (Å²) in [7, 11) is 1.60. The molecular weight excluding hydrogens is 330 g/mol. The molecule has 0 radical (unpaired) electrons. The first kappa shape index (κ1) is 20.3. The Morgan fingerprint density at radius 1 is 1.15 bits per heavy atom. The third-order valence-electron chi connectivity index (χ3n) is 5.25. The number of carbonyl (C=O) groups excluding carboxylic acids is 2. The predicted octanol–water partition coefficient (Wildman–Crippen LogP) is 3.71. The van der Waals surface area contributed by atoms with Crippen molar-refractivity contribution in [3.8, 4) is 5.75 Å². The van der Waals surface area contributed by atoms with Gasteiger partial charge < -0.3 is 14.8 Å². The van der Waals surface area contributed by atoms with E-state index in [1.807, 2.05) is 24.3 Å². The summed E-state index contributed by atoms with van der Waals surface area (Å²) in [5, 5.41) is 2.76. The first-order chi connectivity index (χ1) is 12.3. The number of rotatable bonds is 6. The molecule has 1 aromatic carbocycles. The molecule has 0 heterocycles. The van der Waals surface area contributed by atoms with Crippen molar-refractivity contribution in [2.75, 3.05) is 13.7 Å². The van der Waals surface area contributed by atoms with E-state index < -0.39 is 0 Å². The Morgan fingerprint density at radius 3 is 2.46 bits per heavy atom. The van der Waals surface area contributed by atoms with Gasteiger partial charge in [0.05, 0.1) is 13.0 Å². The Labute approximate surface area is 156 Å². The zero-order valence-corrected chi connectivity index (χ0v) is 16.3. The summed E-state index contributed by atoms with van der Waals surface area (Å²) in [5.41, 5.74) is 1.22. The fraction of sp³-hybridized carbons (Fsp3) is 0.619. The number of hydrogen-bond donors (Lipinski definition) is 1. The summed E-state index contributed by atoms with van der Waals surface area (Å²) in [4.78, 5) is 24.1. The van der Waals surface area contributed by atoms with E-state index >= 15 is 0 Å². The van der Waals surface area contributed by atoms with Crippen LogP contribution in [0.1, 0.15) is 52.0 Å². The molecule has 0 saturated heterocycles. The van der Waals surface area contributed by atoms with E-state index in [0.29, 0.717) is 12.5 Å². The molecule has 1 N–H and O–H groups in total. The average molecular weight is 361 g/mol. The van der Waals surface area contributed by atoms with Crippen molar-refractivity contribution in [3.63, 3.8) is 0 Å². The number of hydrogen-bond acceptors (Lipinski definition) is 4. The fourth-order valence-corrected chi connectivity index (χ4v) is 3.48. The first-order valence-corrected chi connectivity index (χ1v) is 9.36. The molecular formula is C21H31NO4. The second-order valence-corrected chi connectivity index (χ2v) is 8.15. The van der Waals surface area contributed by atoms with Crippen molar-refractivity contribution in [2.45, 2.75) is 53.0 Å². The van der Waals surface area contributed by atoms with Crippen LogP contribution >= 0.6 is 0 Å². The third-order valence-corrected chi connectivity index (χ3v) is 5.25. The molecule has 0 atom stereocenters. The number of methoxy groups -OCH3 is 1. The number of benzene rings is 1. The Balaban J connectivity index is 1.69. The van der Waals surface area contributed by atoms with Crippen molar-refractivity contribution < 1.29 is 19.1 Å². The molecule has 1 fully saturated rings. The van der Waals surface area contributed by atoms with E-state index in [9.17, 15) is 9.59 Å². The van der Waals surface area contributed by atoms with Crippen molar-refractivity contribution in [1.29, 1.82) is 0 Å². The molecule has 5 heteroatoms. The van der Waals surface area contributed by atoms with Gasteiger partial charge in [0.2, 0.25) is 0 Å². The van der Waals surface area contributed by atoms with Crippen LogP contribution in [0.3, 0.4) is 0 Å². The lowest BCUT2D eigenvalue weighted by atomic mass is 9.70. The van der Waals surface area contributed by atoms with Crippen molar-refractivity contribution in [1.82, 2.24) is 5.32 Å². The molecule has 1 amide bonds. The van der Waals surface area contributed by atoms with E-state index in [1.165, 1.54) is 0 Å². The van der Waals surface area contributed by atoms with E-state index in [-0.39, 0.29) is 29.8 Å². The van der Waals surface area contributed by atoms with Gasteiger partial charge in [0.15, 0.2) is 6.61 Å². The van der Waals surface area contributed by atoms with Gasteiger partial charge in [-0.15, -0.1) is 0 Å². The predicted molar refractivity (Wildman–Crippen MR) is 101 cm³/mol. The largest absolute Gasteiger partial charge is 0.497 e. The van der Waals surface area contributed by atoms with Crippen LogP contribution in [0.15, 0.2) is 24.3 Å². The minimum absolute atomic E-state index is 0.0696. The van der Waals surface area contributed by atoms with Gasteiger partial charge in [-0.1, -0.05) is 32.9 Å². The van der Waals surface area contributed by atoms with Crippen molar-refractivity contribution >= 4 is 11.9 Å². The van der Waals surface area contributed by atoms with Crippen LogP contribution in [0.4, 0.5) is 0 Å². The van der Waals surface area contributed by atoms with Gasteiger partial charge in [-0.05, 0) is 54.7 Å². The summed E-state index contributed by atoms with van der Waals surface area (Å²) < 4.78 is 10.4. The van der Waals surface area contributed by atoms with Gasteiger partial charge >= 0.3 is 5.97 Å². The van der Waals surface area contributed by atoms with Crippen LogP contribution in [-0.2, 0) is 20.9 Å². The van der Waals surface area contributed by atoms with Gasteiger partial charge in [0, 0.05) is 6.54 Å². The Hall–Kier alpha value is -2.04. The Bertz CT molecular complexity index is 613. The van der Waals surface area contributed by atoms with E-state index in [0.717, 1.165) is 37.0 Å². The van der Waals surface area contributed by atoms with Crippen LogP contribution in [-0.4, -0.2) is 25.6 Å². The van der Waals surface area contributed by atoms with Crippen LogP contribution in [0, 0.1) is 17.3 Å². The van der Waals surface area contributed by atoms with Gasteiger partial charge in [-0.2, -0.15) is 0 Å². The number of ether oxygens (including phenoxy) is 2. The molecule has 0 spiro atoms. The summed E-state index contributed by atoms with van der Waals surface area (Å²) in [6, 6.07) is 7.48. The summed E-state index contributed by atoms with van der Waals surface area (Å²) >= 11 is 0. The molecule has 0 aromatic heterocycles. The lowest BCUT2D eigenvalue weighted by Gasteiger charge is -2.36. The van der Waals surface area contributed by atoms with E-state index in [4.69, 9.17) is 9.47 Å².